The maximum absolute atomic E-state index is 11.9. The summed E-state index contributed by atoms with van der Waals surface area (Å²) in [5, 5.41) is 0.530. The highest BCUT2D eigenvalue weighted by molar-refractivity contribution is 9.10. The Morgan fingerprint density at radius 3 is 2.88 bits per heavy atom. The lowest BCUT2D eigenvalue weighted by Gasteiger charge is -2.01. The molecule has 0 saturated heterocycles. The van der Waals surface area contributed by atoms with Crippen LogP contribution in [0.2, 0.25) is 0 Å². The smallest absolute Gasteiger partial charge is 0.256 e. The van der Waals surface area contributed by atoms with Crippen molar-refractivity contribution in [3.8, 4) is 0 Å². The number of halogens is 1. The van der Waals surface area contributed by atoms with Crippen molar-refractivity contribution in [2.75, 3.05) is 5.75 Å². The van der Waals surface area contributed by atoms with Crippen LogP contribution in [-0.2, 0) is 0 Å². The Morgan fingerprint density at radius 1 is 1.47 bits per heavy atom. The molecule has 2 aromatic rings. The van der Waals surface area contributed by atoms with Gasteiger partial charge in [-0.05, 0) is 13.0 Å². The van der Waals surface area contributed by atoms with E-state index in [9.17, 15) is 4.79 Å². The number of aryl methyl sites for hydroxylation is 1. The molecule has 17 heavy (non-hydrogen) atoms. The number of Topliss-reactive ketones (excluding diaryl/α,β-unsaturated/α-hetero) is 1. The minimum Gasteiger partial charge on any atom is -0.440 e. The van der Waals surface area contributed by atoms with Crippen molar-refractivity contribution in [1.29, 1.82) is 0 Å². The van der Waals surface area contributed by atoms with E-state index in [1.165, 1.54) is 11.8 Å². The van der Waals surface area contributed by atoms with Gasteiger partial charge < -0.3 is 4.42 Å². The van der Waals surface area contributed by atoms with Crippen LogP contribution in [0, 0.1) is 6.92 Å². The van der Waals surface area contributed by atoms with Crippen molar-refractivity contribution >= 4 is 33.5 Å². The van der Waals surface area contributed by atoms with Crippen molar-refractivity contribution in [2.24, 2.45) is 0 Å². The van der Waals surface area contributed by atoms with Crippen molar-refractivity contribution in [3.05, 3.63) is 46.3 Å². The number of carbonyl (C=O) groups excluding carboxylic acids is 1. The minimum absolute atomic E-state index is 0.0540. The number of hydrogen-bond acceptors (Lipinski definition) is 4. The number of hydrogen-bond donors (Lipinski definition) is 0. The quantitative estimate of drug-likeness (QED) is 0.637. The first-order valence-corrected chi connectivity index (χ1v) is 6.77. The van der Waals surface area contributed by atoms with Crippen LogP contribution in [0.15, 0.2) is 44.6 Å². The molecule has 1 heterocycles. The van der Waals surface area contributed by atoms with Crippen LogP contribution in [0.1, 0.15) is 16.1 Å². The highest BCUT2D eigenvalue weighted by Gasteiger charge is 2.11. The third-order valence-electron chi connectivity index (χ3n) is 2.10. The Morgan fingerprint density at radius 2 is 2.24 bits per heavy atom. The molecule has 0 atom stereocenters. The molecule has 5 heteroatoms. The van der Waals surface area contributed by atoms with Crippen molar-refractivity contribution in [1.82, 2.24) is 4.98 Å². The number of carbonyl (C=O) groups is 1. The summed E-state index contributed by atoms with van der Waals surface area (Å²) in [7, 11) is 0. The van der Waals surface area contributed by atoms with Gasteiger partial charge in [0.1, 0.15) is 6.26 Å². The lowest BCUT2D eigenvalue weighted by molar-refractivity contribution is 0.102. The lowest BCUT2D eigenvalue weighted by Crippen LogP contribution is -2.03. The van der Waals surface area contributed by atoms with Crippen molar-refractivity contribution < 1.29 is 9.21 Å². The van der Waals surface area contributed by atoms with Gasteiger partial charge >= 0.3 is 0 Å². The predicted molar refractivity (Wildman–Crippen MR) is 70.4 cm³/mol. The topological polar surface area (TPSA) is 43.1 Å². The fourth-order valence-electron chi connectivity index (χ4n) is 1.29. The second-order valence-corrected chi connectivity index (χ2v) is 5.23. The van der Waals surface area contributed by atoms with E-state index < -0.39 is 0 Å². The predicted octanol–water partition coefficient (Wildman–Crippen LogP) is 3.72. The Bertz CT molecular complexity index is 539. The summed E-state index contributed by atoms with van der Waals surface area (Å²) in [6, 6.07) is 7.38. The molecule has 0 amide bonds. The van der Waals surface area contributed by atoms with Crippen LogP contribution < -0.4 is 0 Å². The molecule has 1 aromatic heterocycles. The Hall–Kier alpha value is -1.07. The maximum Gasteiger partial charge on any atom is 0.256 e. The molecule has 1 aromatic carbocycles. The zero-order chi connectivity index (χ0) is 12.3. The average molecular weight is 312 g/mol. The van der Waals surface area contributed by atoms with E-state index in [4.69, 9.17) is 4.42 Å². The molecule has 0 radical (unpaired) electrons. The van der Waals surface area contributed by atoms with Crippen molar-refractivity contribution in [3.63, 3.8) is 0 Å². The first-order chi connectivity index (χ1) is 8.16. The molecule has 0 fully saturated rings. The molecule has 0 N–H and O–H groups in total. The summed E-state index contributed by atoms with van der Waals surface area (Å²) < 4.78 is 5.98. The van der Waals surface area contributed by atoms with E-state index in [0.29, 0.717) is 16.5 Å². The zero-order valence-corrected chi connectivity index (χ0v) is 11.5. The second-order valence-electron chi connectivity index (χ2n) is 3.45. The number of thioether (sulfide) groups is 1. The normalized spacial score (nSPS) is 10.5. The van der Waals surface area contributed by atoms with Crippen LogP contribution in [0.5, 0.6) is 0 Å². The number of rotatable bonds is 4. The summed E-state index contributed by atoms with van der Waals surface area (Å²) in [6.45, 7) is 1.85. The first kappa shape index (κ1) is 12.4. The number of aromatic nitrogens is 1. The fourth-order valence-corrected chi connectivity index (χ4v) is 2.53. The van der Waals surface area contributed by atoms with Crippen LogP contribution in [0.4, 0.5) is 0 Å². The van der Waals surface area contributed by atoms with E-state index in [1.54, 1.807) is 12.3 Å². The number of nitrogens with zero attached hydrogens (tertiary/aromatic N) is 1. The molecule has 0 unspecified atom stereocenters. The lowest BCUT2D eigenvalue weighted by atomic mass is 10.1. The second kappa shape index (κ2) is 5.51. The SMILES string of the molecule is Cc1coc(SCC(=O)c2ccccc2Br)n1. The minimum atomic E-state index is 0.0540. The molecule has 0 saturated carbocycles. The first-order valence-electron chi connectivity index (χ1n) is 4.99. The molecule has 2 rings (SSSR count). The highest BCUT2D eigenvalue weighted by Crippen LogP contribution is 2.21. The van der Waals surface area contributed by atoms with Gasteiger partial charge in [0.25, 0.3) is 5.22 Å². The van der Waals surface area contributed by atoms with Gasteiger partial charge in [0.05, 0.1) is 11.4 Å². The van der Waals surface area contributed by atoms with Gasteiger partial charge in [-0.15, -0.1) is 0 Å². The molecule has 0 aliphatic carbocycles. The molecule has 88 valence electrons. The molecule has 0 aliphatic rings. The van der Waals surface area contributed by atoms with E-state index in [0.717, 1.165) is 10.2 Å². The standard InChI is InChI=1S/C12H10BrNO2S/c1-8-6-16-12(14-8)17-7-11(15)9-4-2-3-5-10(9)13/h2-6H,7H2,1H3. The average Bonchev–Trinajstić information content (AvgIpc) is 2.73. The Labute approximate surface area is 112 Å². The third-order valence-corrected chi connectivity index (χ3v) is 3.63. The third kappa shape index (κ3) is 3.20. The largest absolute Gasteiger partial charge is 0.440 e. The molecular weight excluding hydrogens is 302 g/mol. The van der Waals surface area contributed by atoms with Gasteiger partial charge in [0.15, 0.2) is 5.78 Å². The van der Waals surface area contributed by atoms with Gasteiger partial charge in [-0.2, -0.15) is 0 Å². The molecule has 0 bridgehead atoms. The highest BCUT2D eigenvalue weighted by atomic mass is 79.9. The van der Waals surface area contributed by atoms with Gasteiger partial charge in [-0.25, -0.2) is 4.98 Å². The van der Waals surface area contributed by atoms with Gasteiger partial charge in [-0.1, -0.05) is 45.9 Å². The summed E-state index contributed by atoms with van der Waals surface area (Å²) in [5.74, 6) is 0.376. The molecule has 3 nitrogen and oxygen atoms in total. The number of oxazole rings is 1. The van der Waals surface area contributed by atoms with E-state index in [2.05, 4.69) is 20.9 Å². The van der Waals surface area contributed by atoms with Crippen molar-refractivity contribution in [2.45, 2.75) is 12.1 Å². The zero-order valence-electron chi connectivity index (χ0n) is 9.14. The Kier molecular flexibility index (Phi) is 4.02. The number of ketones is 1. The van der Waals surface area contributed by atoms with Gasteiger partial charge in [-0.3, -0.25) is 4.79 Å². The van der Waals surface area contributed by atoms with E-state index in [-0.39, 0.29) is 5.78 Å². The molecule has 0 spiro atoms. The molecular formula is C12H10BrNO2S. The summed E-state index contributed by atoms with van der Waals surface area (Å²) in [4.78, 5) is 16.1. The van der Waals surface area contributed by atoms with Gasteiger partial charge in [0.2, 0.25) is 0 Å². The monoisotopic (exact) mass is 311 g/mol. The van der Waals surface area contributed by atoms with Crippen LogP contribution >= 0.6 is 27.7 Å². The number of benzene rings is 1. The fraction of sp³-hybridized carbons (Fsp3) is 0.167. The summed E-state index contributed by atoms with van der Waals surface area (Å²) in [5.41, 5.74) is 1.50. The Balaban J connectivity index is 2.01. The summed E-state index contributed by atoms with van der Waals surface area (Å²) in [6.07, 6.45) is 1.57. The summed E-state index contributed by atoms with van der Waals surface area (Å²) >= 11 is 4.66. The van der Waals surface area contributed by atoms with E-state index in [1.807, 2.05) is 25.1 Å². The van der Waals surface area contributed by atoms with E-state index >= 15 is 0 Å². The van der Waals surface area contributed by atoms with Gasteiger partial charge in [0, 0.05) is 10.0 Å². The van der Waals surface area contributed by atoms with Crippen LogP contribution in [-0.4, -0.2) is 16.5 Å². The maximum atomic E-state index is 11.9. The van der Waals surface area contributed by atoms with Crippen LogP contribution in [0.3, 0.4) is 0 Å². The van der Waals surface area contributed by atoms with Crippen LogP contribution in [0.25, 0.3) is 0 Å². The molecule has 0 aliphatic heterocycles.